The molecule has 0 aliphatic carbocycles. The van der Waals surface area contributed by atoms with Crippen molar-refractivity contribution in [3.63, 3.8) is 0 Å². The Balaban J connectivity index is 2.14. The van der Waals surface area contributed by atoms with Crippen LogP contribution in [0.25, 0.3) is 5.57 Å². The largest absolute Gasteiger partial charge is 0.260 e. The van der Waals surface area contributed by atoms with Gasteiger partial charge in [-0.05, 0) is 31.1 Å². The number of fused-ring (bicyclic) bond motifs is 1. The molecule has 1 fully saturated rings. The topological polar surface area (TPSA) is 18.8 Å². The lowest BCUT2D eigenvalue weighted by atomic mass is 10.0. The molecule has 18 heavy (non-hydrogen) atoms. The van der Waals surface area contributed by atoms with Crippen LogP contribution in [0.5, 0.6) is 0 Å². The van der Waals surface area contributed by atoms with E-state index in [1.54, 1.807) is 0 Å². The third kappa shape index (κ3) is 1.77. The Labute approximate surface area is 108 Å². The summed E-state index contributed by atoms with van der Waals surface area (Å²) in [5.41, 5.74) is 3.36. The molecule has 1 aromatic rings. The molecule has 0 amide bonds. The van der Waals surface area contributed by atoms with E-state index in [4.69, 9.17) is 0 Å². The van der Waals surface area contributed by atoms with Crippen LogP contribution in [0.4, 0.5) is 5.69 Å². The lowest BCUT2D eigenvalue weighted by molar-refractivity contribution is 0.188. The second-order valence-electron chi connectivity index (χ2n) is 4.65. The molecule has 3 heteroatoms. The highest BCUT2D eigenvalue weighted by atomic mass is 15.7. The monoisotopic (exact) mass is 239 g/mol. The van der Waals surface area contributed by atoms with Gasteiger partial charge in [-0.3, -0.25) is 5.01 Å². The number of amidine groups is 1. The Bertz CT molecular complexity index is 538. The van der Waals surface area contributed by atoms with Gasteiger partial charge in [0.05, 0.1) is 5.69 Å². The number of allylic oxidation sites excluding steroid dienone is 2. The van der Waals surface area contributed by atoms with E-state index in [1.807, 2.05) is 19.2 Å². The van der Waals surface area contributed by atoms with Crippen LogP contribution >= 0.6 is 0 Å². The van der Waals surface area contributed by atoms with E-state index in [1.165, 1.54) is 17.7 Å². The Morgan fingerprint density at radius 1 is 1.22 bits per heavy atom. The number of para-hydroxylation sites is 1. The second-order valence-corrected chi connectivity index (χ2v) is 4.65. The summed E-state index contributed by atoms with van der Waals surface area (Å²) in [5.74, 6) is 1.01. The maximum atomic E-state index is 4.48. The molecule has 0 bridgehead atoms. The van der Waals surface area contributed by atoms with Crippen LogP contribution in [-0.2, 0) is 0 Å². The number of nitrogens with zero attached hydrogens (tertiary/aromatic N) is 3. The van der Waals surface area contributed by atoms with Crippen molar-refractivity contribution in [3.8, 4) is 0 Å². The molecule has 0 N–H and O–H groups in total. The van der Waals surface area contributed by atoms with Crippen LogP contribution in [0.3, 0.4) is 0 Å². The first kappa shape index (κ1) is 11.2. The number of benzene rings is 1. The van der Waals surface area contributed by atoms with Gasteiger partial charge in [-0.15, -0.1) is 0 Å². The highest BCUT2D eigenvalue weighted by molar-refractivity contribution is 5.99. The zero-order chi connectivity index (χ0) is 12.5. The number of anilines is 1. The first-order chi connectivity index (χ1) is 8.77. The molecular weight excluding hydrogens is 222 g/mol. The molecule has 1 aromatic carbocycles. The van der Waals surface area contributed by atoms with Crippen LogP contribution in [0.1, 0.15) is 18.9 Å². The van der Waals surface area contributed by atoms with Gasteiger partial charge < -0.3 is 0 Å². The van der Waals surface area contributed by atoms with E-state index in [0.29, 0.717) is 0 Å². The minimum atomic E-state index is 1.01. The molecule has 3 nitrogen and oxygen atoms in total. The number of rotatable bonds is 1. The third-order valence-electron chi connectivity index (χ3n) is 3.44. The van der Waals surface area contributed by atoms with E-state index in [2.05, 4.69) is 45.9 Å². The number of aliphatic imine (C=N–C) groups is 1. The van der Waals surface area contributed by atoms with Crippen molar-refractivity contribution in [3.05, 3.63) is 48.7 Å². The molecule has 0 saturated carbocycles. The molecule has 92 valence electrons. The van der Waals surface area contributed by atoms with Crippen molar-refractivity contribution in [1.82, 2.24) is 5.01 Å². The van der Waals surface area contributed by atoms with Gasteiger partial charge in [-0.25, -0.2) is 10.0 Å². The quantitative estimate of drug-likeness (QED) is 0.750. The summed E-state index contributed by atoms with van der Waals surface area (Å²) in [6.45, 7) is 8.36. The summed E-state index contributed by atoms with van der Waals surface area (Å²) < 4.78 is 0. The van der Waals surface area contributed by atoms with Crippen LogP contribution in [-0.4, -0.2) is 23.9 Å². The molecule has 1 saturated heterocycles. The fraction of sp³-hybridized carbons (Fsp3) is 0.267. The van der Waals surface area contributed by atoms with Gasteiger partial charge >= 0.3 is 0 Å². The fourth-order valence-electron chi connectivity index (χ4n) is 2.34. The molecule has 0 radical (unpaired) electrons. The van der Waals surface area contributed by atoms with Gasteiger partial charge in [0, 0.05) is 24.9 Å². The molecular formula is C15H17N3. The highest BCUT2D eigenvalue weighted by Gasteiger charge is 2.26. The van der Waals surface area contributed by atoms with E-state index >= 15 is 0 Å². The van der Waals surface area contributed by atoms with Crippen LogP contribution < -0.4 is 5.01 Å². The normalized spacial score (nSPS) is 24.4. The Morgan fingerprint density at radius 3 is 2.72 bits per heavy atom. The van der Waals surface area contributed by atoms with E-state index in [9.17, 15) is 0 Å². The van der Waals surface area contributed by atoms with Crippen LogP contribution in [0.15, 0.2) is 48.1 Å². The summed E-state index contributed by atoms with van der Waals surface area (Å²) in [6.07, 6.45) is 5.05. The van der Waals surface area contributed by atoms with E-state index in [-0.39, 0.29) is 0 Å². The summed E-state index contributed by atoms with van der Waals surface area (Å²) in [6, 6.07) is 8.38. The van der Waals surface area contributed by atoms with Crippen molar-refractivity contribution in [2.24, 2.45) is 4.99 Å². The molecule has 0 spiro atoms. The maximum absolute atomic E-state index is 4.48. The Kier molecular flexibility index (Phi) is 2.76. The van der Waals surface area contributed by atoms with Crippen molar-refractivity contribution in [1.29, 1.82) is 0 Å². The summed E-state index contributed by atoms with van der Waals surface area (Å²) in [5, 5.41) is 4.54. The van der Waals surface area contributed by atoms with Crippen molar-refractivity contribution in [2.75, 3.05) is 18.1 Å². The van der Waals surface area contributed by atoms with Crippen molar-refractivity contribution < 1.29 is 0 Å². The molecule has 3 rings (SSSR count). The smallest absolute Gasteiger partial charge is 0.120 e. The van der Waals surface area contributed by atoms with Gasteiger partial charge in [0.2, 0.25) is 0 Å². The lowest BCUT2D eigenvalue weighted by Crippen LogP contribution is -2.53. The fourth-order valence-corrected chi connectivity index (χ4v) is 2.34. The summed E-state index contributed by atoms with van der Waals surface area (Å²) >= 11 is 0. The van der Waals surface area contributed by atoms with Gasteiger partial charge in [0.15, 0.2) is 0 Å². The third-order valence-corrected chi connectivity index (χ3v) is 3.44. The molecule has 0 aromatic heterocycles. The minimum Gasteiger partial charge on any atom is -0.260 e. The Hall–Kier alpha value is -1.87. The number of hydrogen-bond donors (Lipinski definition) is 0. The van der Waals surface area contributed by atoms with Gasteiger partial charge in [-0.1, -0.05) is 24.8 Å². The molecule has 2 aliphatic rings. The first-order valence-electron chi connectivity index (χ1n) is 6.31. The van der Waals surface area contributed by atoms with Gasteiger partial charge in [0.25, 0.3) is 0 Å². The number of hydrogen-bond acceptors (Lipinski definition) is 3. The zero-order valence-electron chi connectivity index (χ0n) is 10.6. The zero-order valence-corrected chi connectivity index (χ0v) is 10.6. The van der Waals surface area contributed by atoms with E-state index < -0.39 is 0 Å². The predicted octanol–water partition coefficient (Wildman–Crippen LogP) is 3.07. The number of hydrazine groups is 1. The van der Waals surface area contributed by atoms with Gasteiger partial charge in [0.1, 0.15) is 5.84 Å². The summed E-state index contributed by atoms with van der Waals surface area (Å²) in [4.78, 5) is 4.48. The SMILES string of the molecule is C=C1/C=C\N=C(\C)N(N2CCC2)c2ccccc21. The first-order valence-corrected chi connectivity index (χ1v) is 6.31. The Morgan fingerprint density at radius 2 is 2.00 bits per heavy atom. The predicted molar refractivity (Wildman–Crippen MR) is 76.4 cm³/mol. The average Bonchev–Trinajstić information content (AvgIpc) is 2.32. The molecule has 0 atom stereocenters. The average molecular weight is 239 g/mol. The molecule has 2 aliphatic heterocycles. The highest BCUT2D eigenvalue weighted by Crippen LogP contribution is 2.31. The standard InChI is InChI=1S/C15H17N3/c1-12-8-9-16-13(2)18(17-10-5-11-17)15-7-4-3-6-14(12)15/h3-4,6-9H,1,5,10-11H2,2H3/b9-8-,16-13-. The lowest BCUT2D eigenvalue weighted by Gasteiger charge is -2.42. The summed E-state index contributed by atoms with van der Waals surface area (Å²) in [7, 11) is 0. The molecule has 0 unspecified atom stereocenters. The van der Waals surface area contributed by atoms with Crippen molar-refractivity contribution >= 4 is 17.1 Å². The van der Waals surface area contributed by atoms with Crippen LogP contribution in [0.2, 0.25) is 0 Å². The second kappa shape index (κ2) is 4.42. The molecule has 2 heterocycles. The maximum Gasteiger partial charge on any atom is 0.120 e. The van der Waals surface area contributed by atoms with E-state index in [0.717, 1.165) is 24.5 Å². The van der Waals surface area contributed by atoms with Crippen LogP contribution in [0, 0.1) is 0 Å². The van der Waals surface area contributed by atoms with Crippen molar-refractivity contribution in [2.45, 2.75) is 13.3 Å². The minimum absolute atomic E-state index is 1.01. The van der Waals surface area contributed by atoms with Gasteiger partial charge in [-0.2, -0.15) is 0 Å².